The van der Waals surface area contributed by atoms with Crippen LogP contribution in [0.1, 0.15) is 21.5 Å². The van der Waals surface area contributed by atoms with Crippen LogP contribution in [0.5, 0.6) is 0 Å². The molecule has 0 bridgehead atoms. The highest BCUT2D eigenvalue weighted by Gasteiger charge is 2.38. The summed E-state index contributed by atoms with van der Waals surface area (Å²) in [5.41, 5.74) is -2.74. The molecule has 1 aromatic carbocycles. The third-order valence-corrected chi connectivity index (χ3v) is 2.68. The maximum Gasteiger partial charge on any atom is 0.423 e. The Morgan fingerprint density at radius 1 is 1.19 bits per heavy atom. The van der Waals surface area contributed by atoms with Gasteiger partial charge in [-0.2, -0.15) is 13.2 Å². The van der Waals surface area contributed by atoms with Gasteiger partial charge in [-0.05, 0) is 24.3 Å². The molecule has 1 aromatic heterocycles. The average molecular weight is 296 g/mol. The lowest BCUT2D eigenvalue weighted by Gasteiger charge is -2.09. The van der Waals surface area contributed by atoms with Crippen molar-refractivity contribution in [1.29, 1.82) is 0 Å². The molecular formula is C13H7F3N2O3. The lowest BCUT2D eigenvalue weighted by Crippen LogP contribution is -2.11. The van der Waals surface area contributed by atoms with Crippen LogP contribution in [0.2, 0.25) is 0 Å². The highest BCUT2D eigenvalue weighted by Crippen LogP contribution is 2.36. The number of nitro groups is 1. The van der Waals surface area contributed by atoms with E-state index < -0.39 is 28.1 Å². The minimum atomic E-state index is -4.92. The number of carbonyl (C=O) groups is 1. The van der Waals surface area contributed by atoms with E-state index >= 15 is 0 Å². The molecule has 21 heavy (non-hydrogen) atoms. The van der Waals surface area contributed by atoms with E-state index in [1.54, 1.807) is 0 Å². The molecule has 0 amide bonds. The second-order valence-electron chi connectivity index (χ2n) is 4.06. The van der Waals surface area contributed by atoms with E-state index in [-0.39, 0.29) is 11.1 Å². The molecule has 0 atom stereocenters. The van der Waals surface area contributed by atoms with Crippen molar-refractivity contribution in [3.8, 4) is 0 Å². The summed E-state index contributed by atoms with van der Waals surface area (Å²) in [6, 6.07) is 5.00. The molecule has 0 unspecified atom stereocenters. The first kappa shape index (κ1) is 14.6. The molecule has 0 saturated carbocycles. The van der Waals surface area contributed by atoms with Crippen molar-refractivity contribution in [3.05, 3.63) is 69.5 Å². The van der Waals surface area contributed by atoms with Crippen molar-refractivity contribution in [2.24, 2.45) is 0 Å². The number of nitrogens with zero attached hydrogens (tertiary/aromatic N) is 2. The Hall–Kier alpha value is -2.77. The van der Waals surface area contributed by atoms with Gasteiger partial charge >= 0.3 is 6.18 Å². The lowest BCUT2D eigenvalue weighted by molar-refractivity contribution is -0.388. The molecule has 0 radical (unpaired) electrons. The molecule has 0 fully saturated rings. The summed E-state index contributed by atoms with van der Waals surface area (Å²) in [5, 5.41) is 10.6. The maximum absolute atomic E-state index is 12.8. The van der Waals surface area contributed by atoms with E-state index in [9.17, 15) is 28.1 Å². The minimum Gasteiger partial charge on any atom is -0.289 e. The van der Waals surface area contributed by atoms with E-state index in [1.165, 1.54) is 24.5 Å². The van der Waals surface area contributed by atoms with Crippen LogP contribution in [0.3, 0.4) is 0 Å². The molecule has 8 heteroatoms. The third-order valence-electron chi connectivity index (χ3n) is 2.68. The van der Waals surface area contributed by atoms with Gasteiger partial charge in [-0.15, -0.1) is 0 Å². The fraction of sp³-hybridized carbons (Fsp3) is 0.0769. The van der Waals surface area contributed by atoms with E-state index in [4.69, 9.17) is 0 Å². The van der Waals surface area contributed by atoms with E-state index in [2.05, 4.69) is 4.98 Å². The topological polar surface area (TPSA) is 73.1 Å². The van der Waals surface area contributed by atoms with E-state index in [1.807, 2.05) is 0 Å². The number of pyridine rings is 1. The SMILES string of the molecule is O=C(c1cccnc1)c1ccc([N+](=O)[O-])c(C(F)(F)F)c1. The molecule has 0 aliphatic carbocycles. The van der Waals surface area contributed by atoms with Crippen LogP contribution in [-0.2, 0) is 6.18 Å². The molecule has 0 N–H and O–H groups in total. The Bertz CT molecular complexity index is 700. The Labute approximate surface area is 116 Å². The normalized spacial score (nSPS) is 11.2. The molecule has 0 aliphatic heterocycles. The maximum atomic E-state index is 12.8. The fourth-order valence-corrected chi connectivity index (χ4v) is 1.73. The molecule has 2 aromatic rings. The van der Waals surface area contributed by atoms with Crippen LogP contribution in [0.4, 0.5) is 18.9 Å². The molecule has 2 rings (SSSR count). The zero-order chi connectivity index (χ0) is 15.6. The number of rotatable bonds is 3. The van der Waals surface area contributed by atoms with Gasteiger partial charge in [0.25, 0.3) is 5.69 Å². The number of carbonyl (C=O) groups excluding carboxylic acids is 1. The number of aromatic nitrogens is 1. The number of alkyl halides is 3. The zero-order valence-corrected chi connectivity index (χ0v) is 10.3. The molecule has 1 heterocycles. The van der Waals surface area contributed by atoms with Gasteiger partial charge in [0.1, 0.15) is 5.56 Å². The molecule has 0 saturated heterocycles. The van der Waals surface area contributed by atoms with E-state index in [0.29, 0.717) is 12.1 Å². The Morgan fingerprint density at radius 2 is 1.90 bits per heavy atom. The summed E-state index contributed by atoms with van der Waals surface area (Å²) in [4.78, 5) is 25.2. The van der Waals surface area contributed by atoms with Gasteiger partial charge in [0.2, 0.25) is 0 Å². The van der Waals surface area contributed by atoms with Gasteiger partial charge in [-0.3, -0.25) is 19.9 Å². The fourth-order valence-electron chi connectivity index (χ4n) is 1.73. The third kappa shape index (κ3) is 3.04. The van der Waals surface area contributed by atoms with Crippen LogP contribution >= 0.6 is 0 Å². The van der Waals surface area contributed by atoms with Gasteiger partial charge in [0, 0.05) is 29.6 Å². The minimum absolute atomic E-state index is 0.0967. The van der Waals surface area contributed by atoms with Crippen LogP contribution < -0.4 is 0 Å². The number of nitro benzene ring substituents is 1. The van der Waals surface area contributed by atoms with Gasteiger partial charge in [-0.25, -0.2) is 0 Å². The van der Waals surface area contributed by atoms with Crippen molar-refractivity contribution in [2.45, 2.75) is 6.18 Å². The summed E-state index contributed by atoms with van der Waals surface area (Å²) in [7, 11) is 0. The predicted molar refractivity (Wildman–Crippen MR) is 65.8 cm³/mol. The second-order valence-corrected chi connectivity index (χ2v) is 4.06. The summed E-state index contributed by atoms with van der Waals surface area (Å²) in [6.45, 7) is 0. The average Bonchev–Trinajstić information content (AvgIpc) is 2.45. The van der Waals surface area contributed by atoms with Gasteiger partial charge < -0.3 is 0 Å². The zero-order valence-electron chi connectivity index (χ0n) is 10.3. The van der Waals surface area contributed by atoms with Crippen molar-refractivity contribution in [1.82, 2.24) is 4.98 Å². The molecule has 108 valence electrons. The van der Waals surface area contributed by atoms with Crippen molar-refractivity contribution in [3.63, 3.8) is 0 Å². The number of benzene rings is 1. The van der Waals surface area contributed by atoms with Crippen molar-refractivity contribution in [2.75, 3.05) is 0 Å². The Balaban J connectivity index is 2.53. The predicted octanol–water partition coefficient (Wildman–Crippen LogP) is 3.24. The summed E-state index contributed by atoms with van der Waals surface area (Å²) in [5.74, 6) is -0.691. The number of hydrogen-bond acceptors (Lipinski definition) is 4. The van der Waals surface area contributed by atoms with Gasteiger partial charge in [-0.1, -0.05) is 0 Å². The van der Waals surface area contributed by atoms with Gasteiger partial charge in [0.05, 0.1) is 4.92 Å². The number of hydrogen-bond donors (Lipinski definition) is 0. The van der Waals surface area contributed by atoms with Crippen LogP contribution in [-0.4, -0.2) is 15.7 Å². The highest BCUT2D eigenvalue weighted by atomic mass is 19.4. The smallest absolute Gasteiger partial charge is 0.289 e. The molecule has 0 aliphatic rings. The molecule has 5 nitrogen and oxygen atoms in total. The monoisotopic (exact) mass is 296 g/mol. The first-order valence-electron chi connectivity index (χ1n) is 5.61. The first-order chi connectivity index (χ1) is 9.80. The largest absolute Gasteiger partial charge is 0.423 e. The molecular weight excluding hydrogens is 289 g/mol. The Kier molecular flexibility index (Phi) is 3.70. The number of halogens is 3. The quantitative estimate of drug-likeness (QED) is 0.495. The van der Waals surface area contributed by atoms with Crippen molar-refractivity contribution < 1.29 is 22.9 Å². The standard InChI is InChI=1S/C13H7F3N2O3/c14-13(15,16)10-6-8(3-4-11(10)18(20)21)12(19)9-2-1-5-17-7-9/h1-7H. The highest BCUT2D eigenvalue weighted by molar-refractivity contribution is 6.09. The van der Waals surface area contributed by atoms with Gasteiger partial charge in [0.15, 0.2) is 5.78 Å². The second kappa shape index (κ2) is 5.31. The van der Waals surface area contributed by atoms with Crippen molar-refractivity contribution >= 4 is 11.5 Å². The number of ketones is 1. The lowest BCUT2D eigenvalue weighted by atomic mass is 10.0. The summed E-state index contributed by atoms with van der Waals surface area (Å²) >= 11 is 0. The summed E-state index contributed by atoms with van der Waals surface area (Å²) < 4.78 is 38.5. The van der Waals surface area contributed by atoms with E-state index in [0.717, 1.165) is 6.07 Å². The van der Waals surface area contributed by atoms with Crippen LogP contribution in [0.25, 0.3) is 0 Å². The molecule has 0 spiro atoms. The first-order valence-corrected chi connectivity index (χ1v) is 5.61. The van der Waals surface area contributed by atoms with Crippen LogP contribution in [0.15, 0.2) is 42.7 Å². The summed E-state index contributed by atoms with van der Waals surface area (Å²) in [6.07, 6.45) is -2.31. The van der Waals surface area contributed by atoms with Crippen LogP contribution in [0, 0.1) is 10.1 Å². The Morgan fingerprint density at radius 3 is 2.43 bits per heavy atom.